The SMILES string of the molecule is CC(C)NCCCS(=O)(=O)N1CCOC(CO)C1. The zero-order chi connectivity index (χ0) is 13.6. The molecule has 7 heteroatoms. The smallest absolute Gasteiger partial charge is 0.214 e. The third-order valence-electron chi connectivity index (χ3n) is 2.83. The largest absolute Gasteiger partial charge is 0.394 e. The molecule has 1 unspecified atom stereocenters. The summed E-state index contributed by atoms with van der Waals surface area (Å²) in [6, 6.07) is 0.370. The molecule has 0 radical (unpaired) electrons. The van der Waals surface area contributed by atoms with Crippen LogP contribution in [0.25, 0.3) is 0 Å². The van der Waals surface area contributed by atoms with Gasteiger partial charge in [-0.05, 0) is 13.0 Å². The van der Waals surface area contributed by atoms with Crippen LogP contribution >= 0.6 is 0 Å². The average Bonchev–Trinajstić information content (AvgIpc) is 2.34. The Balaban J connectivity index is 2.38. The quantitative estimate of drug-likeness (QED) is 0.609. The first-order valence-electron chi connectivity index (χ1n) is 6.39. The molecule has 1 heterocycles. The molecule has 1 rings (SSSR count). The van der Waals surface area contributed by atoms with E-state index in [9.17, 15) is 8.42 Å². The van der Waals surface area contributed by atoms with Gasteiger partial charge < -0.3 is 15.2 Å². The standard InChI is InChI=1S/C11H24N2O4S/c1-10(2)12-4-3-7-18(15,16)13-5-6-17-11(8-13)9-14/h10-12,14H,3-9H2,1-2H3. The first kappa shape index (κ1) is 15.8. The van der Waals surface area contributed by atoms with Gasteiger partial charge in [0.15, 0.2) is 0 Å². The Morgan fingerprint density at radius 2 is 2.22 bits per heavy atom. The van der Waals surface area contributed by atoms with E-state index in [1.807, 2.05) is 13.8 Å². The summed E-state index contributed by atoms with van der Waals surface area (Å²) in [7, 11) is -3.22. The first-order valence-corrected chi connectivity index (χ1v) is 8.00. The zero-order valence-electron chi connectivity index (χ0n) is 11.1. The summed E-state index contributed by atoms with van der Waals surface area (Å²) in [5.41, 5.74) is 0. The van der Waals surface area contributed by atoms with E-state index < -0.39 is 10.0 Å². The highest BCUT2D eigenvalue weighted by molar-refractivity contribution is 7.89. The number of sulfonamides is 1. The van der Waals surface area contributed by atoms with E-state index in [0.717, 1.165) is 0 Å². The molecule has 1 aliphatic heterocycles. The van der Waals surface area contributed by atoms with E-state index >= 15 is 0 Å². The minimum absolute atomic E-state index is 0.138. The number of aliphatic hydroxyl groups is 1. The lowest BCUT2D eigenvalue weighted by Crippen LogP contribution is -2.47. The molecule has 0 spiro atoms. The molecule has 0 saturated carbocycles. The molecule has 1 aliphatic rings. The second-order valence-electron chi connectivity index (χ2n) is 4.81. The monoisotopic (exact) mass is 280 g/mol. The van der Waals surface area contributed by atoms with Crippen LogP contribution in [-0.4, -0.2) is 68.6 Å². The summed E-state index contributed by atoms with van der Waals surface area (Å²) in [6.07, 6.45) is 0.212. The Morgan fingerprint density at radius 3 is 2.83 bits per heavy atom. The second kappa shape index (κ2) is 7.40. The number of morpholine rings is 1. The predicted octanol–water partition coefficient (Wildman–Crippen LogP) is -0.603. The normalized spacial score (nSPS) is 22.6. The molecule has 18 heavy (non-hydrogen) atoms. The minimum atomic E-state index is -3.22. The molecule has 0 aromatic carbocycles. The highest BCUT2D eigenvalue weighted by Crippen LogP contribution is 2.11. The maximum absolute atomic E-state index is 12.1. The molecule has 6 nitrogen and oxygen atoms in total. The average molecular weight is 280 g/mol. The van der Waals surface area contributed by atoms with Crippen molar-refractivity contribution >= 4 is 10.0 Å². The molecule has 108 valence electrons. The van der Waals surface area contributed by atoms with Gasteiger partial charge >= 0.3 is 0 Å². The number of aliphatic hydroxyl groups excluding tert-OH is 1. The van der Waals surface area contributed by atoms with Crippen molar-refractivity contribution in [2.24, 2.45) is 0 Å². The summed E-state index contributed by atoms with van der Waals surface area (Å²) in [4.78, 5) is 0. The molecule has 0 bridgehead atoms. The summed E-state index contributed by atoms with van der Waals surface area (Å²) < 4.78 is 30.8. The van der Waals surface area contributed by atoms with E-state index in [1.165, 1.54) is 4.31 Å². The number of rotatable bonds is 7. The Morgan fingerprint density at radius 1 is 1.50 bits per heavy atom. The lowest BCUT2D eigenvalue weighted by molar-refractivity contribution is -0.0304. The summed E-state index contributed by atoms with van der Waals surface area (Å²) in [5, 5.41) is 12.2. The van der Waals surface area contributed by atoms with Crippen LogP contribution in [0, 0.1) is 0 Å². The van der Waals surface area contributed by atoms with Crippen LogP contribution < -0.4 is 5.32 Å². The third kappa shape index (κ3) is 5.19. The fraction of sp³-hybridized carbons (Fsp3) is 1.00. The fourth-order valence-corrected chi connectivity index (χ4v) is 3.34. The van der Waals surface area contributed by atoms with Crippen molar-refractivity contribution < 1.29 is 18.3 Å². The maximum Gasteiger partial charge on any atom is 0.214 e. The van der Waals surface area contributed by atoms with E-state index in [1.54, 1.807) is 0 Å². The number of ether oxygens (including phenoxy) is 1. The van der Waals surface area contributed by atoms with E-state index in [0.29, 0.717) is 32.2 Å². The second-order valence-corrected chi connectivity index (χ2v) is 6.90. The fourth-order valence-electron chi connectivity index (χ4n) is 1.83. The van der Waals surface area contributed by atoms with Gasteiger partial charge in [-0.1, -0.05) is 13.8 Å². The Bertz CT molecular complexity index is 332. The molecule has 1 saturated heterocycles. The van der Waals surface area contributed by atoms with Gasteiger partial charge in [0.05, 0.1) is 25.1 Å². The molecular weight excluding hydrogens is 256 g/mol. The third-order valence-corrected chi connectivity index (χ3v) is 4.75. The van der Waals surface area contributed by atoms with Crippen LogP contribution in [-0.2, 0) is 14.8 Å². The molecule has 0 amide bonds. The molecular formula is C11H24N2O4S. The van der Waals surface area contributed by atoms with Crippen molar-refractivity contribution in [3.8, 4) is 0 Å². The molecule has 1 atom stereocenters. The highest BCUT2D eigenvalue weighted by Gasteiger charge is 2.28. The maximum atomic E-state index is 12.1. The lowest BCUT2D eigenvalue weighted by atomic mass is 10.3. The zero-order valence-corrected chi connectivity index (χ0v) is 11.9. The van der Waals surface area contributed by atoms with Crippen molar-refractivity contribution in [3.05, 3.63) is 0 Å². The van der Waals surface area contributed by atoms with Crippen molar-refractivity contribution in [1.82, 2.24) is 9.62 Å². The van der Waals surface area contributed by atoms with Crippen LogP contribution in [0.15, 0.2) is 0 Å². The highest BCUT2D eigenvalue weighted by atomic mass is 32.2. The van der Waals surface area contributed by atoms with Crippen molar-refractivity contribution in [3.63, 3.8) is 0 Å². The number of hydrogen-bond acceptors (Lipinski definition) is 5. The van der Waals surface area contributed by atoms with E-state index in [2.05, 4.69) is 5.32 Å². The summed E-state index contributed by atoms with van der Waals surface area (Å²) in [6.45, 7) is 5.62. The summed E-state index contributed by atoms with van der Waals surface area (Å²) in [5.74, 6) is 0.144. The lowest BCUT2D eigenvalue weighted by Gasteiger charge is -2.31. The van der Waals surface area contributed by atoms with Gasteiger partial charge in [0.1, 0.15) is 0 Å². The Kier molecular flexibility index (Phi) is 6.51. The number of nitrogens with zero attached hydrogens (tertiary/aromatic N) is 1. The van der Waals surface area contributed by atoms with Crippen LogP contribution in [0.1, 0.15) is 20.3 Å². The molecule has 2 N–H and O–H groups in total. The van der Waals surface area contributed by atoms with Gasteiger partial charge in [0.25, 0.3) is 0 Å². The minimum Gasteiger partial charge on any atom is -0.394 e. The van der Waals surface area contributed by atoms with Crippen LogP contribution in [0.5, 0.6) is 0 Å². The summed E-state index contributed by atoms with van der Waals surface area (Å²) >= 11 is 0. The van der Waals surface area contributed by atoms with Crippen molar-refractivity contribution in [1.29, 1.82) is 0 Å². The van der Waals surface area contributed by atoms with Gasteiger partial charge in [-0.15, -0.1) is 0 Å². The Labute approximate surface area is 109 Å². The van der Waals surface area contributed by atoms with E-state index in [4.69, 9.17) is 9.84 Å². The van der Waals surface area contributed by atoms with Gasteiger partial charge in [-0.3, -0.25) is 0 Å². The predicted molar refractivity (Wildman–Crippen MR) is 69.9 cm³/mol. The topological polar surface area (TPSA) is 78.9 Å². The molecule has 0 aromatic heterocycles. The van der Waals surface area contributed by atoms with Crippen molar-refractivity contribution in [2.45, 2.75) is 32.4 Å². The molecule has 0 aromatic rings. The molecule has 0 aliphatic carbocycles. The number of hydrogen-bond donors (Lipinski definition) is 2. The van der Waals surface area contributed by atoms with Crippen molar-refractivity contribution in [2.75, 3.05) is 38.6 Å². The van der Waals surface area contributed by atoms with Crippen LogP contribution in [0.3, 0.4) is 0 Å². The van der Waals surface area contributed by atoms with Gasteiger partial charge in [-0.2, -0.15) is 4.31 Å². The van der Waals surface area contributed by atoms with Crippen LogP contribution in [0.2, 0.25) is 0 Å². The Hall–Kier alpha value is -0.210. The van der Waals surface area contributed by atoms with Gasteiger partial charge in [0.2, 0.25) is 10.0 Å². The van der Waals surface area contributed by atoms with E-state index in [-0.39, 0.29) is 25.0 Å². The van der Waals surface area contributed by atoms with Crippen LogP contribution in [0.4, 0.5) is 0 Å². The molecule has 1 fully saturated rings. The number of nitrogens with one attached hydrogen (secondary N) is 1. The van der Waals surface area contributed by atoms with Gasteiger partial charge in [-0.25, -0.2) is 8.42 Å². The van der Waals surface area contributed by atoms with Gasteiger partial charge in [0, 0.05) is 19.1 Å². The first-order chi connectivity index (χ1) is 8.45.